The number of anilines is 1. The molecule has 5 heterocycles. The summed E-state index contributed by atoms with van der Waals surface area (Å²) >= 11 is 6.05. The van der Waals surface area contributed by atoms with Crippen LogP contribution in [0.1, 0.15) is 54.7 Å². The third-order valence-corrected chi connectivity index (χ3v) is 9.36. The van der Waals surface area contributed by atoms with Crippen LogP contribution in [0, 0.1) is 11.3 Å². The maximum Gasteiger partial charge on any atom is 0.213 e. The van der Waals surface area contributed by atoms with E-state index in [1.807, 2.05) is 60.8 Å². The molecule has 47 heavy (non-hydrogen) atoms. The number of likely N-dealkylation sites (tertiary alicyclic amines) is 1. The second-order valence-electron chi connectivity index (χ2n) is 12.5. The average Bonchev–Trinajstić information content (AvgIpc) is 3.44. The van der Waals surface area contributed by atoms with E-state index in [0.29, 0.717) is 48.3 Å². The van der Waals surface area contributed by atoms with E-state index in [9.17, 15) is 5.26 Å². The molecule has 7 rings (SSSR count). The number of aliphatic imine (C=N–C) groups is 1. The third kappa shape index (κ3) is 7.43. The predicted octanol–water partition coefficient (Wildman–Crippen LogP) is 5.93. The van der Waals surface area contributed by atoms with Gasteiger partial charge in [0.05, 0.1) is 47.1 Å². The number of nitrogens with two attached hydrogens (primary N) is 1. The van der Waals surface area contributed by atoms with Gasteiger partial charge in [0.15, 0.2) is 0 Å². The smallest absolute Gasteiger partial charge is 0.213 e. The van der Waals surface area contributed by atoms with Gasteiger partial charge in [-0.25, -0.2) is 9.97 Å². The largest absolute Gasteiger partial charge is 0.474 e. The molecule has 2 aromatic carbocycles. The summed E-state index contributed by atoms with van der Waals surface area (Å²) < 4.78 is 14.7. The second kappa shape index (κ2) is 14.1. The fraction of sp³-hybridized carbons (Fsp3) is 0.389. The number of allylic oxidation sites excluding steroid dienone is 1. The topological polar surface area (TPSA) is 118 Å². The normalized spacial score (nSPS) is 19.1. The Morgan fingerprint density at radius 1 is 1.00 bits per heavy atom. The molecular formula is C36H39ClN8O2. The summed E-state index contributed by atoms with van der Waals surface area (Å²) in [5, 5.41) is 10.2. The number of aromatic nitrogens is 3. The second-order valence-corrected chi connectivity index (χ2v) is 12.9. The third-order valence-electron chi connectivity index (χ3n) is 9.11. The monoisotopic (exact) mass is 650 g/mol. The van der Waals surface area contributed by atoms with Crippen molar-refractivity contribution in [2.75, 3.05) is 32.1 Å². The van der Waals surface area contributed by atoms with E-state index in [4.69, 9.17) is 36.8 Å². The van der Waals surface area contributed by atoms with Crippen molar-refractivity contribution in [1.82, 2.24) is 24.3 Å². The van der Waals surface area contributed by atoms with Gasteiger partial charge in [-0.2, -0.15) is 5.26 Å². The van der Waals surface area contributed by atoms with E-state index < -0.39 is 0 Å². The van der Waals surface area contributed by atoms with Crippen LogP contribution in [0.5, 0.6) is 5.88 Å². The molecule has 0 bridgehead atoms. The van der Waals surface area contributed by atoms with Crippen molar-refractivity contribution in [2.45, 2.75) is 63.9 Å². The number of hydrogen-bond donors (Lipinski definition) is 1. The van der Waals surface area contributed by atoms with Gasteiger partial charge in [-0.15, -0.1) is 0 Å². The van der Waals surface area contributed by atoms with E-state index >= 15 is 0 Å². The average molecular weight is 651 g/mol. The lowest BCUT2D eigenvalue weighted by atomic mass is 10.1. The van der Waals surface area contributed by atoms with Gasteiger partial charge in [0, 0.05) is 55.2 Å². The Balaban J connectivity index is 1.02. The number of fused-ring (bicyclic) bond motifs is 1. The number of halogens is 1. The van der Waals surface area contributed by atoms with Gasteiger partial charge >= 0.3 is 0 Å². The number of benzene rings is 2. The van der Waals surface area contributed by atoms with E-state index in [1.165, 1.54) is 6.42 Å². The summed E-state index contributed by atoms with van der Waals surface area (Å²) in [6.07, 6.45) is 10.00. The molecule has 1 unspecified atom stereocenters. The molecular weight excluding hydrogens is 612 g/mol. The molecule has 2 N–H and O–H groups in total. The van der Waals surface area contributed by atoms with Gasteiger partial charge in [-0.05, 0) is 74.1 Å². The predicted molar refractivity (Wildman–Crippen MR) is 183 cm³/mol. The zero-order chi connectivity index (χ0) is 32.2. The Kier molecular flexibility index (Phi) is 9.38. The minimum Gasteiger partial charge on any atom is -0.474 e. The van der Waals surface area contributed by atoms with Gasteiger partial charge in [0.2, 0.25) is 5.88 Å². The molecule has 2 saturated heterocycles. The number of nitrogens with zero attached hydrogens (tertiary/aromatic N) is 7. The molecule has 3 aliphatic heterocycles. The first kappa shape index (κ1) is 31.2. The molecule has 11 heteroatoms. The molecule has 0 spiro atoms. The van der Waals surface area contributed by atoms with Gasteiger partial charge in [0.25, 0.3) is 0 Å². The molecule has 0 aliphatic carbocycles. The molecule has 1 atom stereocenters. The van der Waals surface area contributed by atoms with Crippen molar-refractivity contribution in [3.63, 3.8) is 0 Å². The number of imidazole rings is 1. The zero-order valence-electron chi connectivity index (χ0n) is 26.4. The summed E-state index contributed by atoms with van der Waals surface area (Å²) in [5.41, 5.74) is 12.4. The summed E-state index contributed by atoms with van der Waals surface area (Å²) in [7, 11) is 0. The Morgan fingerprint density at radius 3 is 2.64 bits per heavy atom. The van der Waals surface area contributed by atoms with Crippen molar-refractivity contribution >= 4 is 34.5 Å². The van der Waals surface area contributed by atoms with Crippen molar-refractivity contribution in [3.05, 3.63) is 94.0 Å². The van der Waals surface area contributed by atoms with Crippen molar-refractivity contribution in [2.24, 2.45) is 4.99 Å². The molecule has 2 fully saturated rings. The molecule has 10 nitrogen and oxygen atoms in total. The van der Waals surface area contributed by atoms with E-state index in [0.717, 1.165) is 79.1 Å². The molecule has 242 valence electrons. The minimum atomic E-state index is 0.0688. The van der Waals surface area contributed by atoms with Crippen LogP contribution in [-0.4, -0.2) is 69.2 Å². The Bertz CT molecular complexity index is 1820. The lowest BCUT2D eigenvalue weighted by molar-refractivity contribution is -0.0651. The first-order valence-electron chi connectivity index (χ1n) is 16.4. The van der Waals surface area contributed by atoms with Crippen LogP contribution in [0.15, 0.2) is 71.4 Å². The molecule has 0 saturated carbocycles. The maximum atomic E-state index is 9.52. The van der Waals surface area contributed by atoms with Crippen LogP contribution >= 0.6 is 11.6 Å². The van der Waals surface area contributed by atoms with Crippen LogP contribution in [0.4, 0.5) is 5.69 Å². The number of hydrogen-bond acceptors (Lipinski definition) is 9. The highest BCUT2D eigenvalue weighted by Crippen LogP contribution is 2.26. The van der Waals surface area contributed by atoms with E-state index in [2.05, 4.69) is 31.6 Å². The first-order valence-corrected chi connectivity index (χ1v) is 16.7. The summed E-state index contributed by atoms with van der Waals surface area (Å²) in [6, 6.07) is 19.5. The van der Waals surface area contributed by atoms with Gasteiger partial charge in [0.1, 0.15) is 24.8 Å². The molecule has 3 aliphatic rings. The summed E-state index contributed by atoms with van der Waals surface area (Å²) in [6.45, 7) is 4.51. The van der Waals surface area contributed by atoms with Crippen molar-refractivity contribution in [3.8, 4) is 11.9 Å². The summed E-state index contributed by atoms with van der Waals surface area (Å²) in [4.78, 5) is 19.1. The van der Waals surface area contributed by atoms with Crippen LogP contribution in [-0.2, 0) is 24.2 Å². The molecule has 2 aromatic heterocycles. The highest BCUT2D eigenvalue weighted by atomic mass is 35.5. The van der Waals surface area contributed by atoms with E-state index in [-0.39, 0.29) is 12.3 Å². The van der Waals surface area contributed by atoms with Crippen LogP contribution in [0.2, 0.25) is 5.02 Å². The fourth-order valence-electron chi connectivity index (χ4n) is 6.56. The number of ether oxygens (including phenoxy) is 2. The lowest BCUT2D eigenvalue weighted by Gasteiger charge is -2.34. The van der Waals surface area contributed by atoms with Gasteiger partial charge in [-0.3, -0.25) is 9.89 Å². The van der Waals surface area contributed by atoms with Crippen LogP contribution in [0.3, 0.4) is 0 Å². The zero-order valence-corrected chi connectivity index (χ0v) is 27.1. The molecule has 0 radical (unpaired) electrons. The van der Waals surface area contributed by atoms with Crippen LogP contribution < -0.4 is 10.5 Å². The quantitative estimate of drug-likeness (QED) is 0.237. The molecule has 0 amide bonds. The highest BCUT2D eigenvalue weighted by Gasteiger charge is 2.25. The standard InChI is InChI=1S/C36H39ClN8O2/c37-28-7-4-25(5-8-28)17-31-30(39)9-11-35(42-31)47-29-12-14-43(15-13-29)23-34-41-32-18-26(19-38)6-10-33(32)45(34)22-27-20-40-24-44(21-27)36-3-1-2-16-46-36/h4-11,18,20-21,29,36H,1-3,12-17,22-24,39H2. The molecule has 4 aromatic rings. The Morgan fingerprint density at radius 2 is 1.85 bits per heavy atom. The van der Waals surface area contributed by atoms with Gasteiger partial charge < -0.3 is 24.7 Å². The van der Waals surface area contributed by atoms with Crippen molar-refractivity contribution < 1.29 is 9.47 Å². The highest BCUT2D eigenvalue weighted by molar-refractivity contribution is 6.30. The van der Waals surface area contributed by atoms with Crippen LogP contribution in [0.25, 0.3) is 11.0 Å². The summed E-state index contributed by atoms with van der Waals surface area (Å²) in [5.74, 6) is 1.58. The Hall–Kier alpha value is -4.43. The number of pyridine rings is 1. The number of nitrogen functional groups attached to an aromatic ring is 1. The number of piperidine rings is 1. The fourth-order valence-corrected chi connectivity index (χ4v) is 6.69. The SMILES string of the molecule is N#Cc1ccc2c(c1)nc(CN1CCC(Oc3ccc(N)c(Cc4ccc(Cl)cc4)n3)CC1)n2CC1=CN(C2CCCCO2)CN=C1. The maximum absolute atomic E-state index is 9.52. The van der Waals surface area contributed by atoms with Crippen molar-refractivity contribution in [1.29, 1.82) is 5.26 Å². The van der Waals surface area contributed by atoms with E-state index in [1.54, 1.807) is 0 Å². The Labute approximate surface area is 280 Å². The van der Waals surface area contributed by atoms with Gasteiger partial charge in [-0.1, -0.05) is 23.7 Å². The minimum absolute atomic E-state index is 0.0688. The number of rotatable bonds is 9. The first-order chi connectivity index (χ1) is 23.0. The number of nitriles is 1. The lowest BCUT2D eigenvalue weighted by Crippen LogP contribution is -2.38.